The first-order valence-electron chi connectivity index (χ1n) is 5.80. The lowest BCUT2D eigenvalue weighted by Gasteiger charge is -2.23. The van der Waals surface area contributed by atoms with E-state index in [1.165, 1.54) is 12.1 Å². The minimum atomic E-state index is -0.741. The minimum absolute atomic E-state index is 0.0685. The second kappa shape index (κ2) is 6.27. The fourth-order valence-corrected chi connectivity index (χ4v) is 1.66. The highest BCUT2D eigenvalue weighted by Gasteiger charge is 2.07. The van der Waals surface area contributed by atoms with Crippen molar-refractivity contribution in [2.24, 2.45) is 5.10 Å². The number of rotatable bonds is 3. The fourth-order valence-electron chi connectivity index (χ4n) is 1.54. The molecule has 0 aliphatic carbocycles. The number of halogens is 1. The normalized spacial score (nSPS) is 11.2. The van der Waals surface area contributed by atoms with Crippen molar-refractivity contribution in [1.29, 1.82) is 0 Å². The molecule has 20 heavy (non-hydrogen) atoms. The van der Waals surface area contributed by atoms with Gasteiger partial charge in [-0.05, 0) is 43.3 Å². The second-order valence-corrected chi connectivity index (χ2v) is 4.44. The average molecular weight is 289 g/mol. The molecule has 5 nitrogen and oxygen atoms in total. The Hall–Kier alpha value is -2.24. The Bertz CT molecular complexity index is 627. The van der Waals surface area contributed by atoms with Crippen LogP contribution >= 0.6 is 11.6 Å². The Morgan fingerprint density at radius 3 is 2.35 bits per heavy atom. The Morgan fingerprint density at radius 1 is 1.15 bits per heavy atom. The van der Waals surface area contributed by atoms with Crippen LogP contribution in [0, 0.1) is 5.21 Å². The number of hydroxylamine groups is 1. The van der Waals surface area contributed by atoms with E-state index in [2.05, 4.69) is 10.1 Å². The number of nitrogens with zero attached hydrogens (tertiary/aromatic N) is 3. The zero-order valence-corrected chi connectivity index (χ0v) is 11.4. The van der Waals surface area contributed by atoms with Crippen LogP contribution in [0.15, 0.2) is 53.9 Å². The molecule has 2 aromatic rings. The maximum Gasteiger partial charge on any atom is 0.263 e. The monoisotopic (exact) mass is 288 g/mol. The topological polar surface area (TPSA) is 68.6 Å². The molecule has 0 saturated carbocycles. The molecule has 1 amide bonds. The van der Waals surface area contributed by atoms with Crippen molar-refractivity contribution < 1.29 is 4.79 Å². The van der Waals surface area contributed by atoms with Crippen molar-refractivity contribution in [3.05, 3.63) is 70.1 Å². The van der Waals surface area contributed by atoms with Crippen LogP contribution in [0.4, 0.5) is 0 Å². The number of hydrazone groups is 1. The van der Waals surface area contributed by atoms with Crippen LogP contribution in [0.1, 0.15) is 22.8 Å². The second-order valence-electron chi connectivity index (χ2n) is 4.01. The molecule has 1 heterocycles. The quantitative estimate of drug-likeness (QED) is 0.644. The first-order chi connectivity index (χ1) is 9.58. The van der Waals surface area contributed by atoms with Crippen molar-refractivity contribution in [3.8, 4) is 0 Å². The predicted molar refractivity (Wildman–Crippen MR) is 77.4 cm³/mol. The molecule has 0 unspecified atom stereocenters. The van der Waals surface area contributed by atoms with E-state index < -0.39 is 5.91 Å². The Morgan fingerprint density at radius 2 is 1.75 bits per heavy atom. The lowest BCUT2D eigenvalue weighted by Crippen LogP contribution is -2.21. The number of carbonyl (C=O) groups excluding carboxylic acids is 1. The largest absolute Gasteiger partial charge is 0.735 e. The first-order valence-corrected chi connectivity index (χ1v) is 6.18. The zero-order chi connectivity index (χ0) is 14.5. The van der Waals surface area contributed by atoms with Gasteiger partial charge in [0.1, 0.15) is 0 Å². The summed E-state index contributed by atoms with van der Waals surface area (Å²) < 4.78 is 0. The van der Waals surface area contributed by atoms with Crippen molar-refractivity contribution in [1.82, 2.24) is 10.2 Å². The minimum Gasteiger partial charge on any atom is -0.735 e. The van der Waals surface area contributed by atoms with Crippen molar-refractivity contribution in [2.75, 3.05) is 0 Å². The van der Waals surface area contributed by atoms with Gasteiger partial charge < -0.3 is 5.21 Å². The number of carbonyl (C=O) groups is 1. The molecule has 0 radical (unpaired) electrons. The van der Waals surface area contributed by atoms with Crippen molar-refractivity contribution >= 4 is 23.2 Å². The van der Waals surface area contributed by atoms with Gasteiger partial charge in [-0.25, -0.2) is 0 Å². The van der Waals surface area contributed by atoms with Crippen LogP contribution in [0.3, 0.4) is 0 Å². The molecule has 0 saturated heterocycles. The molecule has 0 fully saturated rings. The van der Waals surface area contributed by atoms with Crippen LogP contribution in [0.5, 0.6) is 0 Å². The molecule has 6 heteroatoms. The van der Waals surface area contributed by atoms with Gasteiger partial charge in [0.15, 0.2) is 0 Å². The van der Waals surface area contributed by atoms with Crippen LogP contribution in [0.2, 0.25) is 5.02 Å². The molecule has 0 atom stereocenters. The smallest absolute Gasteiger partial charge is 0.263 e. The van der Waals surface area contributed by atoms with E-state index in [9.17, 15) is 10.0 Å². The molecule has 0 aliphatic rings. The van der Waals surface area contributed by atoms with Gasteiger partial charge in [0.2, 0.25) is 0 Å². The number of hydrogen-bond acceptors (Lipinski definition) is 4. The van der Waals surface area contributed by atoms with Crippen LogP contribution in [-0.4, -0.2) is 21.8 Å². The highest BCUT2D eigenvalue weighted by atomic mass is 35.5. The summed E-state index contributed by atoms with van der Waals surface area (Å²) in [5, 5.41) is 16.0. The van der Waals surface area contributed by atoms with E-state index >= 15 is 0 Å². The van der Waals surface area contributed by atoms with Gasteiger partial charge in [-0.15, -0.1) is 0 Å². The zero-order valence-electron chi connectivity index (χ0n) is 10.7. The Balaban J connectivity index is 2.17. The highest BCUT2D eigenvalue weighted by Crippen LogP contribution is 2.12. The van der Waals surface area contributed by atoms with Gasteiger partial charge in [-0.2, -0.15) is 5.10 Å². The molecule has 0 bridgehead atoms. The molecule has 0 aliphatic heterocycles. The molecule has 1 aromatic heterocycles. The van der Waals surface area contributed by atoms with Gasteiger partial charge in [0, 0.05) is 28.5 Å². The van der Waals surface area contributed by atoms with E-state index in [4.69, 9.17) is 11.6 Å². The van der Waals surface area contributed by atoms with Gasteiger partial charge in [-0.3, -0.25) is 15.0 Å². The van der Waals surface area contributed by atoms with E-state index in [1.807, 2.05) is 0 Å². The molecular formula is C14H11ClN3O2-. The number of aromatic nitrogens is 1. The van der Waals surface area contributed by atoms with Crippen LogP contribution in [0.25, 0.3) is 0 Å². The van der Waals surface area contributed by atoms with E-state index in [0.717, 1.165) is 5.56 Å². The summed E-state index contributed by atoms with van der Waals surface area (Å²) in [4.78, 5) is 15.7. The third-order valence-electron chi connectivity index (χ3n) is 2.60. The maximum absolute atomic E-state index is 11.9. The van der Waals surface area contributed by atoms with Gasteiger partial charge in [0.05, 0.1) is 5.71 Å². The number of benzene rings is 1. The van der Waals surface area contributed by atoms with E-state index in [0.29, 0.717) is 10.7 Å². The summed E-state index contributed by atoms with van der Waals surface area (Å²) >= 11 is 5.72. The summed E-state index contributed by atoms with van der Waals surface area (Å²) in [6.07, 6.45) is 3.18. The summed E-state index contributed by atoms with van der Waals surface area (Å²) in [7, 11) is 0. The standard InChI is InChI=1S/C14H11ClN3O2/c1-10(11-6-8-16-9-7-11)17-18(20)14(19)12-2-4-13(15)5-3-12/h2-9H,1H3/q-1. The summed E-state index contributed by atoms with van der Waals surface area (Å²) in [6, 6.07) is 9.46. The lowest BCUT2D eigenvalue weighted by molar-refractivity contribution is 0.0826. The van der Waals surface area contributed by atoms with Crippen molar-refractivity contribution in [2.45, 2.75) is 6.92 Å². The van der Waals surface area contributed by atoms with Gasteiger partial charge in [0.25, 0.3) is 5.91 Å². The third kappa shape index (κ3) is 3.40. The molecule has 0 spiro atoms. The maximum atomic E-state index is 11.9. The first kappa shape index (κ1) is 14.2. The lowest BCUT2D eigenvalue weighted by atomic mass is 10.2. The molecule has 1 aromatic carbocycles. The highest BCUT2D eigenvalue weighted by molar-refractivity contribution is 6.30. The molecule has 102 valence electrons. The number of pyridine rings is 1. The molecular weight excluding hydrogens is 278 g/mol. The van der Waals surface area contributed by atoms with Gasteiger partial charge >= 0.3 is 0 Å². The number of hydrogen-bond donors (Lipinski definition) is 0. The number of amides is 1. The molecule has 2 rings (SSSR count). The summed E-state index contributed by atoms with van der Waals surface area (Å²) in [6.45, 7) is 1.65. The third-order valence-corrected chi connectivity index (χ3v) is 2.86. The predicted octanol–water partition coefficient (Wildman–Crippen LogP) is 3.10. The summed E-state index contributed by atoms with van der Waals surface area (Å²) in [5.74, 6) is -0.741. The van der Waals surface area contributed by atoms with Crippen LogP contribution < -0.4 is 0 Å². The van der Waals surface area contributed by atoms with E-state index in [1.54, 1.807) is 43.6 Å². The van der Waals surface area contributed by atoms with Crippen LogP contribution in [-0.2, 0) is 0 Å². The Labute approximate surface area is 121 Å². The van der Waals surface area contributed by atoms with E-state index in [-0.39, 0.29) is 10.7 Å². The SMILES string of the molecule is CC(=NN([O-])C(=O)c1ccc(Cl)cc1)c1ccncc1. The van der Waals surface area contributed by atoms with Gasteiger partial charge in [-0.1, -0.05) is 11.6 Å². The average Bonchev–Trinajstić information content (AvgIpc) is 2.48. The molecule has 0 N–H and O–H groups in total. The Kier molecular flexibility index (Phi) is 4.45. The van der Waals surface area contributed by atoms with Crippen molar-refractivity contribution in [3.63, 3.8) is 0 Å². The fraction of sp³-hybridized carbons (Fsp3) is 0.0714. The summed E-state index contributed by atoms with van der Waals surface area (Å²) in [5.41, 5.74) is 1.39.